The van der Waals surface area contributed by atoms with Gasteiger partial charge in [-0.3, -0.25) is 14.9 Å². The molecule has 0 spiro atoms. The van der Waals surface area contributed by atoms with Crippen LogP contribution in [0.5, 0.6) is 11.5 Å². The van der Waals surface area contributed by atoms with Crippen LogP contribution < -0.4 is 14.4 Å². The molecule has 1 fully saturated rings. The minimum Gasteiger partial charge on any atom is -0.496 e. The molecule has 1 saturated heterocycles. The second-order valence-corrected chi connectivity index (χ2v) is 6.76. The maximum Gasteiger partial charge on any atom is 0.296 e. The number of piperazine rings is 1. The highest BCUT2D eigenvalue weighted by molar-refractivity contribution is 5.94. The molecule has 1 heterocycles. The number of benzene rings is 2. The molecule has 8 heteroatoms. The molecule has 0 N–H and O–H groups in total. The van der Waals surface area contributed by atoms with Gasteiger partial charge >= 0.3 is 0 Å². The fourth-order valence-corrected chi connectivity index (χ4v) is 3.29. The molecule has 1 amide bonds. The number of hydrogen-bond acceptors (Lipinski definition) is 6. The van der Waals surface area contributed by atoms with Gasteiger partial charge in [-0.2, -0.15) is 0 Å². The molecule has 29 heavy (non-hydrogen) atoms. The number of hydrogen-bond donors (Lipinski definition) is 0. The van der Waals surface area contributed by atoms with Crippen LogP contribution in [0.15, 0.2) is 42.5 Å². The van der Waals surface area contributed by atoms with Gasteiger partial charge in [-0.15, -0.1) is 0 Å². The maximum absolute atomic E-state index is 12.8. The van der Waals surface area contributed by atoms with Crippen LogP contribution in [0.2, 0.25) is 0 Å². The van der Waals surface area contributed by atoms with Gasteiger partial charge in [0.2, 0.25) is 0 Å². The molecule has 0 aromatic heterocycles. The highest BCUT2D eigenvalue weighted by Gasteiger charge is 2.26. The summed E-state index contributed by atoms with van der Waals surface area (Å²) in [4.78, 5) is 27.5. The SMILES string of the molecule is CCCOc1ccc(C(=O)N2CCN(c3ccc(OC)cc3[N+](=O)[O-])CC2)cc1. The average Bonchev–Trinajstić information content (AvgIpc) is 2.77. The summed E-state index contributed by atoms with van der Waals surface area (Å²) in [6, 6.07) is 12.0. The van der Waals surface area contributed by atoms with Crippen molar-refractivity contribution in [3.8, 4) is 11.5 Å². The van der Waals surface area contributed by atoms with E-state index in [4.69, 9.17) is 9.47 Å². The van der Waals surface area contributed by atoms with E-state index in [1.165, 1.54) is 13.2 Å². The molecule has 2 aromatic rings. The van der Waals surface area contributed by atoms with E-state index in [1.54, 1.807) is 41.3 Å². The minimum atomic E-state index is -0.405. The molecule has 0 aliphatic carbocycles. The first-order valence-corrected chi connectivity index (χ1v) is 9.63. The van der Waals surface area contributed by atoms with Gasteiger partial charge in [0.05, 0.1) is 24.7 Å². The van der Waals surface area contributed by atoms with Crippen molar-refractivity contribution in [2.24, 2.45) is 0 Å². The van der Waals surface area contributed by atoms with E-state index < -0.39 is 4.92 Å². The van der Waals surface area contributed by atoms with Gasteiger partial charge in [0.15, 0.2) is 0 Å². The number of amides is 1. The first kappa shape index (κ1) is 20.4. The van der Waals surface area contributed by atoms with Crippen LogP contribution in [0.3, 0.4) is 0 Å². The minimum absolute atomic E-state index is 0.00629. The Morgan fingerprint density at radius 1 is 1.07 bits per heavy atom. The van der Waals surface area contributed by atoms with Crippen molar-refractivity contribution in [1.29, 1.82) is 0 Å². The number of ether oxygens (including phenoxy) is 2. The van der Waals surface area contributed by atoms with Crippen LogP contribution in [-0.4, -0.2) is 55.6 Å². The third-order valence-electron chi connectivity index (χ3n) is 4.86. The zero-order valence-electron chi connectivity index (χ0n) is 16.7. The van der Waals surface area contributed by atoms with E-state index in [-0.39, 0.29) is 11.6 Å². The summed E-state index contributed by atoms with van der Waals surface area (Å²) in [5, 5.41) is 11.4. The molecule has 0 unspecified atom stereocenters. The van der Waals surface area contributed by atoms with Crippen molar-refractivity contribution in [2.75, 3.05) is 44.8 Å². The molecule has 1 aliphatic rings. The summed E-state index contributed by atoms with van der Waals surface area (Å²) in [5.41, 5.74) is 1.16. The standard InChI is InChI=1S/C21H25N3O5/c1-3-14-29-17-6-4-16(5-7-17)21(25)23-12-10-22(11-13-23)19-9-8-18(28-2)15-20(19)24(26)27/h4-9,15H,3,10-14H2,1-2H3. The Labute approximate surface area is 169 Å². The number of rotatable bonds is 7. The van der Waals surface area contributed by atoms with Gasteiger partial charge in [0, 0.05) is 31.7 Å². The summed E-state index contributed by atoms with van der Waals surface area (Å²) in [6.45, 7) is 4.73. The molecule has 154 valence electrons. The molecule has 3 rings (SSSR count). The third-order valence-corrected chi connectivity index (χ3v) is 4.86. The highest BCUT2D eigenvalue weighted by atomic mass is 16.6. The van der Waals surface area contributed by atoms with Crippen molar-refractivity contribution < 1.29 is 19.2 Å². The van der Waals surface area contributed by atoms with Crippen LogP contribution in [0.4, 0.5) is 11.4 Å². The van der Waals surface area contributed by atoms with Gasteiger partial charge in [-0.1, -0.05) is 6.92 Å². The molecular formula is C21H25N3O5. The van der Waals surface area contributed by atoms with E-state index >= 15 is 0 Å². The smallest absolute Gasteiger partial charge is 0.296 e. The number of anilines is 1. The van der Waals surface area contributed by atoms with Crippen LogP contribution in [0.25, 0.3) is 0 Å². The Morgan fingerprint density at radius 3 is 2.31 bits per heavy atom. The van der Waals surface area contributed by atoms with E-state index in [0.29, 0.717) is 49.8 Å². The first-order chi connectivity index (χ1) is 14.0. The number of nitrogens with zero attached hydrogens (tertiary/aromatic N) is 3. The van der Waals surface area contributed by atoms with E-state index in [1.807, 2.05) is 11.8 Å². The maximum atomic E-state index is 12.8. The number of carbonyl (C=O) groups is 1. The van der Waals surface area contributed by atoms with Crippen LogP contribution in [0.1, 0.15) is 23.7 Å². The quantitative estimate of drug-likeness (QED) is 0.524. The number of methoxy groups -OCH3 is 1. The second-order valence-electron chi connectivity index (χ2n) is 6.76. The Hall–Kier alpha value is -3.29. The summed E-state index contributed by atoms with van der Waals surface area (Å²) < 4.78 is 10.6. The summed E-state index contributed by atoms with van der Waals surface area (Å²) >= 11 is 0. The molecule has 0 bridgehead atoms. The zero-order valence-corrected chi connectivity index (χ0v) is 16.7. The highest BCUT2D eigenvalue weighted by Crippen LogP contribution is 2.32. The van der Waals surface area contributed by atoms with Crippen molar-refractivity contribution in [2.45, 2.75) is 13.3 Å². The first-order valence-electron chi connectivity index (χ1n) is 9.63. The monoisotopic (exact) mass is 399 g/mol. The van der Waals surface area contributed by atoms with E-state index in [2.05, 4.69) is 0 Å². The number of nitro benzene ring substituents is 1. The molecule has 0 saturated carbocycles. The summed E-state index contributed by atoms with van der Waals surface area (Å²) in [5.74, 6) is 1.15. The third kappa shape index (κ3) is 4.77. The Bertz CT molecular complexity index is 861. The van der Waals surface area contributed by atoms with E-state index in [9.17, 15) is 14.9 Å². The molecular weight excluding hydrogens is 374 g/mol. The Morgan fingerprint density at radius 2 is 1.72 bits per heavy atom. The molecule has 0 atom stereocenters. The van der Waals surface area contributed by atoms with Crippen molar-refractivity contribution in [3.63, 3.8) is 0 Å². The lowest BCUT2D eigenvalue weighted by Crippen LogP contribution is -2.48. The lowest BCUT2D eigenvalue weighted by molar-refractivity contribution is -0.384. The van der Waals surface area contributed by atoms with E-state index in [0.717, 1.165) is 12.2 Å². The Kier molecular flexibility index (Phi) is 6.54. The van der Waals surface area contributed by atoms with Crippen molar-refractivity contribution >= 4 is 17.3 Å². The normalized spacial score (nSPS) is 13.9. The van der Waals surface area contributed by atoms with Crippen LogP contribution in [-0.2, 0) is 0 Å². The fraction of sp³-hybridized carbons (Fsp3) is 0.381. The molecule has 8 nitrogen and oxygen atoms in total. The predicted molar refractivity (Wildman–Crippen MR) is 110 cm³/mol. The lowest BCUT2D eigenvalue weighted by atomic mass is 10.1. The average molecular weight is 399 g/mol. The Balaban J connectivity index is 1.64. The predicted octanol–water partition coefficient (Wildman–Crippen LogP) is 3.35. The van der Waals surface area contributed by atoms with Gasteiger partial charge < -0.3 is 19.3 Å². The van der Waals surface area contributed by atoms with Gasteiger partial charge in [0.1, 0.15) is 17.2 Å². The number of nitro groups is 1. The van der Waals surface area contributed by atoms with Crippen molar-refractivity contribution in [3.05, 3.63) is 58.1 Å². The van der Waals surface area contributed by atoms with Crippen molar-refractivity contribution in [1.82, 2.24) is 4.90 Å². The van der Waals surface area contributed by atoms with Gasteiger partial charge in [-0.25, -0.2) is 0 Å². The number of carbonyl (C=O) groups excluding carboxylic acids is 1. The van der Waals surface area contributed by atoms with Crippen LogP contribution in [0, 0.1) is 10.1 Å². The molecule has 2 aromatic carbocycles. The topological polar surface area (TPSA) is 85.2 Å². The molecule has 1 aliphatic heterocycles. The summed E-state index contributed by atoms with van der Waals surface area (Å²) in [6.07, 6.45) is 0.928. The lowest BCUT2D eigenvalue weighted by Gasteiger charge is -2.35. The van der Waals surface area contributed by atoms with Crippen LogP contribution >= 0.6 is 0 Å². The zero-order chi connectivity index (χ0) is 20.8. The molecule has 0 radical (unpaired) electrons. The summed E-state index contributed by atoms with van der Waals surface area (Å²) in [7, 11) is 1.48. The van der Waals surface area contributed by atoms with Gasteiger partial charge in [-0.05, 0) is 42.8 Å². The second kappa shape index (κ2) is 9.27. The largest absolute Gasteiger partial charge is 0.496 e. The van der Waals surface area contributed by atoms with Gasteiger partial charge in [0.25, 0.3) is 11.6 Å². The fourth-order valence-electron chi connectivity index (χ4n) is 3.29.